The standard InChI is InChI=1S/C20H32N2O16P2S2/c1-3-20(30)15(7-5-42-14(9(7)21)16(22)28)36-19(2,18(20)29)6-34-40(33,41)38-39(31,32)37-17-12(27)10(25)11(26)13(35-17)8(24)4-23/h3,5,8,10-13,15,17-18,23-27,29-30H,1,4,6,21H2,2H3,(H2,22,28)(H,31,32)(H,33,41)/t8-,10?,11?,12?,13?,15-,17?,18+,19+,20-,40?/m0/s1. The second-order valence-electron chi connectivity index (χ2n) is 9.69. The quantitative estimate of drug-likeness (QED) is 0.0776. The van der Waals surface area contributed by atoms with Gasteiger partial charge in [-0.1, -0.05) is 6.08 Å². The lowest BCUT2D eigenvalue weighted by Crippen LogP contribution is -2.61. The number of phosphoric acid groups is 1. The van der Waals surface area contributed by atoms with Crippen molar-refractivity contribution in [3.8, 4) is 0 Å². The minimum Gasteiger partial charge on any atom is -0.397 e. The van der Waals surface area contributed by atoms with Gasteiger partial charge in [-0.05, 0) is 24.1 Å². The maximum atomic E-state index is 12.6. The van der Waals surface area contributed by atoms with Gasteiger partial charge in [-0.25, -0.2) is 8.88 Å². The summed E-state index contributed by atoms with van der Waals surface area (Å²) in [6, 6.07) is 0. The van der Waals surface area contributed by atoms with Crippen molar-refractivity contribution in [2.75, 3.05) is 18.9 Å². The molecule has 2 fully saturated rings. The first-order valence-electron chi connectivity index (χ1n) is 11.8. The van der Waals surface area contributed by atoms with Crippen molar-refractivity contribution in [2.24, 2.45) is 5.73 Å². The number of amides is 1. The molecule has 22 heteroatoms. The Morgan fingerprint density at radius 3 is 2.43 bits per heavy atom. The summed E-state index contributed by atoms with van der Waals surface area (Å²) in [5.74, 6) is -0.846. The number of nitrogen functional groups attached to an aromatic ring is 1. The zero-order valence-corrected chi connectivity index (χ0v) is 25.1. The first-order chi connectivity index (χ1) is 19.2. The van der Waals surface area contributed by atoms with Crippen LogP contribution in [0.15, 0.2) is 18.0 Å². The van der Waals surface area contributed by atoms with Crippen LogP contribution in [-0.4, -0.2) is 119 Å². The number of aliphatic hydroxyl groups is 7. The Hall–Kier alpha value is -0.970. The number of thiophene rings is 1. The van der Waals surface area contributed by atoms with E-state index >= 15 is 0 Å². The summed E-state index contributed by atoms with van der Waals surface area (Å²) in [7, 11) is -5.51. The summed E-state index contributed by atoms with van der Waals surface area (Å²) in [6.07, 6.45) is -14.3. The smallest absolute Gasteiger partial charge is 0.397 e. The summed E-state index contributed by atoms with van der Waals surface area (Å²) in [5.41, 5.74) is 7.09. The highest BCUT2D eigenvalue weighted by atomic mass is 32.5. The van der Waals surface area contributed by atoms with E-state index in [1.807, 2.05) is 0 Å². The van der Waals surface area contributed by atoms with Gasteiger partial charge in [0.05, 0.1) is 18.9 Å². The highest BCUT2D eigenvalue weighted by Gasteiger charge is 2.61. The zero-order chi connectivity index (χ0) is 32.0. The number of hydrogen-bond donors (Lipinski definition) is 11. The lowest BCUT2D eigenvalue weighted by atomic mass is 9.83. The van der Waals surface area contributed by atoms with Gasteiger partial charge in [0.2, 0.25) is 0 Å². The van der Waals surface area contributed by atoms with E-state index in [9.17, 15) is 49.8 Å². The molecule has 1 amide bonds. The summed E-state index contributed by atoms with van der Waals surface area (Å²) in [6.45, 7) is -1.89. The lowest BCUT2D eigenvalue weighted by Gasteiger charge is -2.41. The average molecular weight is 683 g/mol. The second-order valence-corrected chi connectivity index (χ2v) is 15.0. The molecule has 3 rings (SSSR count). The molecule has 0 spiro atoms. The summed E-state index contributed by atoms with van der Waals surface area (Å²) < 4.78 is 37.7. The number of phosphoric ester groups is 1. The van der Waals surface area contributed by atoms with Crippen LogP contribution in [0.4, 0.5) is 5.69 Å². The number of nitrogens with two attached hydrogens (primary N) is 2. The molecule has 42 heavy (non-hydrogen) atoms. The van der Waals surface area contributed by atoms with E-state index in [1.165, 1.54) is 12.3 Å². The summed E-state index contributed by atoms with van der Waals surface area (Å²) in [4.78, 5) is 32.2. The Morgan fingerprint density at radius 1 is 1.29 bits per heavy atom. The van der Waals surface area contributed by atoms with E-state index in [2.05, 4.69) is 15.4 Å². The molecule has 13 N–H and O–H groups in total. The van der Waals surface area contributed by atoms with Crippen LogP contribution in [0.5, 0.6) is 0 Å². The lowest BCUT2D eigenvalue weighted by molar-refractivity contribution is -0.292. The van der Waals surface area contributed by atoms with Crippen LogP contribution in [0.2, 0.25) is 0 Å². The number of carbonyl (C=O) groups excluding carboxylic acids is 1. The molecule has 1 aromatic rings. The SMILES string of the molecule is C=C[C@]1(O)[C@H](c2csc(C(N)=O)c2N)O[C@](C)(COP(O)(=S)OP(=O)(O)OC2OC([C@@H](O)CO)C(O)C(O)C2O)[C@H]1O. The van der Waals surface area contributed by atoms with Crippen molar-refractivity contribution in [3.05, 3.63) is 28.5 Å². The predicted octanol–water partition coefficient (Wildman–Crippen LogP) is -2.93. The molecule has 0 aliphatic carbocycles. The van der Waals surface area contributed by atoms with Crippen LogP contribution < -0.4 is 11.5 Å². The topological polar surface area (TPSA) is 314 Å². The van der Waals surface area contributed by atoms with E-state index in [0.717, 1.165) is 17.4 Å². The first kappa shape index (κ1) is 35.5. The van der Waals surface area contributed by atoms with Gasteiger partial charge >= 0.3 is 14.5 Å². The number of ether oxygens (including phenoxy) is 2. The zero-order valence-electron chi connectivity index (χ0n) is 21.6. The molecule has 240 valence electrons. The Kier molecular flexibility index (Phi) is 10.8. The molecule has 2 aliphatic rings. The van der Waals surface area contributed by atoms with Gasteiger partial charge in [0, 0.05) is 5.56 Å². The fourth-order valence-electron chi connectivity index (χ4n) is 4.38. The van der Waals surface area contributed by atoms with Crippen molar-refractivity contribution >= 4 is 49.3 Å². The molecule has 0 saturated carbocycles. The van der Waals surface area contributed by atoms with Crippen molar-refractivity contribution < 1.29 is 77.7 Å². The molecule has 18 nitrogen and oxygen atoms in total. The number of carbonyl (C=O) groups is 1. The maximum Gasteiger partial charge on any atom is 0.481 e. The van der Waals surface area contributed by atoms with Crippen LogP contribution >= 0.6 is 25.9 Å². The minimum absolute atomic E-state index is 0.0383. The largest absolute Gasteiger partial charge is 0.481 e. The molecule has 1 aromatic heterocycles. The van der Waals surface area contributed by atoms with Gasteiger partial charge < -0.3 is 71.0 Å². The monoisotopic (exact) mass is 682 g/mol. The molecule has 7 unspecified atom stereocenters. The van der Waals surface area contributed by atoms with Gasteiger partial charge in [-0.2, -0.15) is 0 Å². The highest BCUT2D eigenvalue weighted by molar-refractivity contribution is 8.08. The van der Waals surface area contributed by atoms with Gasteiger partial charge in [0.1, 0.15) is 58.8 Å². The van der Waals surface area contributed by atoms with E-state index in [0.29, 0.717) is 0 Å². The van der Waals surface area contributed by atoms with Gasteiger partial charge in [-0.3, -0.25) is 9.32 Å². The number of hydrogen-bond acceptors (Lipinski definition) is 17. The van der Waals surface area contributed by atoms with Gasteiger partial charge in [0.25, 0.3) is 5.91 Å². The first-order valence-corrected chi connectivity index (χ1v) is 16.8. The van der Waals surface area contributed by atoms with Crippen molar-refractivity contribution in [1.29, 1.82) is 0 Å². The number of primary amides is 1. The summed E-state index contributed by atoms with van der Waals surface area (Å²) >= 11 is 5.61. The summed E-state index contributed by atoms with van der Waals surface area (Å²) in [5, 5.41) is 72.4. The minimum atomic E-state index is -5.51. The van der Waals surface area contributed by atoms with Crippen molar-refractivity contribution in [1.82, 2.24) is 0 Å². The van der Waals surface area contributed by atoms with Crippen LogP contribution in [0.1, 0.15) is 28.3 Å². The molecule has 3 heterocycles. The number of anilines is 1. The van der Waals surface area contributed by atoms with Crippen molar-refractivity contribution in [2.45, 2.75) is 67.1 Å². The third-order valence-corrected chi connectivity index (χ3v) is 11.2. The molecule has 2 aliphatic heterocycles. The number of aliphatic hydroxyl groups excluding tert-OH is 6. The highest BCUT2D eigenvalue weighted by Crippen LogP contribution is 2.62. The third kappa shape index (κ3) is 6.96. The Balaban J connectivity index is 1.74. The number of rotatable bonds is 12. The van der Waals surface area contributed by atoms with Crippen molar-refractivity contribution in [3.63, 3.8) is 0 Å². The van der Waals surface area contributed by atoms with E-state index in [1.54, 1.807) is 0 Å². The molecule has 0 bridgehead atoms. The van der Waals surface area contributed by atoms with Crippen LogP contribution in [-0.2, 0) is 39.2 Å². The van der Waals surface area contributed by atoms with Crippen LogP contribution in [0, 0.1) is 0 Å². The fourth-order valence-corrected chi connectivity index (χ4v) is 8.39. The van der Waals surface area contributed by atoms with E-state index < -0.39 is 93.9 Å². The Labute approximate surface area is 247 Å². The van der Waals surface area contributed by atoms with Crippen LogP contribution in [0.3, 0.4) is 0 Å². The van der Waals surface area contributed by atoms with Crippen LogP contribution in [0.25, 0.3) is 0 Å². The molecular formula is C20H32N2O16P2S2. The normalized spacial score (nSPS) is 38.9. The second kappa shape index (κ2) is 12.8. The fraction of sp³-hybridized carbons (Fsp3) is 0.650. The third-order valence-electron chi connectivity index (χ3n) is 6.65. The average Bonchev–Trinajstić information content (AvgIpc) is 3.38. The molecule has 0 aromatic carbocycles. The Morgan fingerprint density at radius 2 is 1.90 bits per heavy atom. The molecular weight excluding hydrogens is 650 g/mol. The van der Waals surface area contributed by atoms with Gasteiger partial charge in [0.15, 0.2) is 6.29 Å². The predicted molar refractivity (Wildman–Crippen MR) is 145 cm³/mol. The molecule has 2 saturated heterocycles. The molecule has 0 radical (unpaired) electrons. The van der Waals surface area contributed by atoms with Gasteiger partial charge in [-0.15, -0.1) is 17.9 Å². The van der Waals surface area contributed by atoms with E-state index in [4.69, 9.17) is 42.4 Å². The van der Waals surface area contributed by atoms with E-state index in [-0.39, 0.29) is 16.1 Å². The molecule has 12 atom stereocenters. The Bertz CT molecular complexity index is 1270. The maximum absolute atomic E-state index is 12.6.